The van der Waals surface area contributed by atoms with E-state index in [1.54, 1.807) is 18.7 Å². The minimum Gasteiger partial charge on any atom is -0.339 e. The SMILES string of the molecule is CSc1cccc(NC2=NS(=O)(=O)C(c3ccc(F)cc3)=C2C)c1. The van der Waals surface area contributed by atoms with E-state index in [-0.39, 0.29) is 10.7 Å². The molecule has 0 saturated carbocycles. The summed E-state index contributed by atoms with van der Waals surface area (Å²) in [5.41, 5.74) is 1.69. The number of thioether (sulfide) groups is 1. The normalized spacial score (nSPS) is 16.2. The van der Waals surface area contributed by atoms with Gasteiger partial charge in [0.1, 0.15) is 16.6 Å². The highest BCUT2D eigenvalue weighted by molar-refractivity contribution is 8.00. The summed E-state index contributed by atoms with van der Waals surface area (Å²) in [5, 5.41) is 3.06. The highest BCUT2D eigenvalue weighted by Crippen LogP contribution is 2.33. The molecule has 0 aliphatic carbocycles. The van der Waals surface area contributed by atoms with Gasteiger partial charge in [-0.1, -0.05) is 18.2 Å². The highest BCUT2D eigenvalue weighted by atomic mass is 32.2. The lowest BCUT2D eigenvalue weighted by molar-refractivity contribution is 0.608. The molecule has 1 heterocycles. The first-order valence-electron chi connectivity index (χ1n) is 7.14. The summed E-state index contributed by atoms with van der Waals surface area (Å²) in [4.78, 5) is 1.16. The number of sulfonamides is 1. The predicted octanol–water partition coefficient (Wildman–Crippen LogP) is 4.13. The predicted molar refractivity (Wildman–Crippen MR) is 97.2 cm³/mol. The van der Waals surface area contributed by atoms with Crippen molar-refractivity contribution < 1.29 is 12.8 Å². The molecule has 0 atom stereocenters. The molecule has 4 nitrogen and oxygen atoms in total. The zero-order valence-corrected chi connectivity index (χ0v) is 14.7. The number of anilines is 1. The van der Waals surface area contributed by atoms with E-state index in [1.807, 2.05) is 30.5 Å². The van der Waals surface area contributed by atoms with Crippen LogP contribution in [0.3, 0.4) is 0 Å². The van der Waals surface area contributed by atoms with Gasteiger partial charge in [0.25, 0.3) is 10.0 Å². The van der Waals surface area contributed by atoms with Crippen LogP contribution in [0, 0.1) is 5.82 Å². The van der Waals surface area contributed by atoms with Crippen LogP contribution in [0.1, 0.15) is 12.5 Å². The minimum atomic E-state index is -3.81. The first-order valence-corrected chi connectivity index (χ1v) is 9.80. The lowest BCUT2D eigenvalue weighted by atomic mass is 10.1. The van der Waals surface area contributed by atoms with Gasteiger partial charge in [0.05, 0.1) is 0 Å². The summed E-state index contributed by atoms with van der Waals surface area (Å²) in [6.07, 6.45) is 1.97. The number of hydrogen-bond donors (Lipinski definition) is 1. The Bertz CT molecular complexity index is 949. The van der Waals surface area contributed by atoms with Crippen LogP contribution in [0.4, 0.5) is 10.1 Å². The van der Waals surface area contributed by atoms with Crippen molar-refractivity contribution in [1.29, 1.82) is 0 Å². The highest BCUT2D eigenvalue weighted by Gasteiger charge is 2.31. The zero-order chi connectivity index (χ0) is 17.3. The Morgan fingerprint density at radius 1 is 1.12 bits per heavy atom. The van der Waals surface area contributed by atoms with Gasteiger partial charge in [0.2, 0.25) is 0 Å². The van der Waals surface area contributed by atoms with Crippen LogP contribution in [0.25, 0.3) is 4.91 Å². The summed E-state index contributed by atoms with van der Waals surface area (Å²) >= 11 is 1.59. The standard InChI is InChI=1S/C17H15FN2O2S2/c1-11-16(12-6-8-13(18)9-7-12)24(21,22)20-17(11)19-14-4-3-5-15(10-14)23-2/h3-10H,1-2H3,(H,19,20). The molecule has 0 unspecified atom stereocenters. The number of rotatable bonds is 3. The molecule has 2 aromatic carbocycles. The quantitative estimate of drug-likeness (QED) is 0.834. The van der Waals surface area contributed by atoms with E-state index in [4.69, 9.17) is 0 Å². The second kappa shape index (κ2) is 6.41. The molecule has 1 aliphatic heterocycles. The molecule has 0 spiro atoms. The van der Waals surface area contributed by atoms with E-state index in [1.165, 1.54) is 24.3 Å². The summed E-state index contributed by atoms with van der Waals surface area (Å²) in [6.45, 7) is 1.69. The molecule has 0 amide bonds. The summed E-state index contributed by atoms with van der Waals surface area (Å²) in [6, 6.07) is 13.0. The van der Waals surface area contributed by atoms with Crippen LogP contribution < -0.4 is 5.32 Å². The zero-order valence-electron chi connectivity index (χ0n) is 13.1. The van der Waals surface area contributed by atoms with Crippen LogP contribution >= 0.6 is 11.8 Å². The maximum Gasteiger partial charge on any atom is 0.285 e. The largest absolute Gasteiger partial charge is 0.339 e. The lowest BCUT2D eigenvalue weighted by Gasteiger charge is -2.08. The number of nitrogens with one attached hydrogen (secondary N) is 1. The van der Waals surface area contributed by atoms with Crippen LogP contribution in [-0.4, -0.2) is 20.5 Å². The van der Waals surface area contributed by atoms with Gasteiger partial charge in [-0.05, 0) is 49.1 Å². The monoisotopic (exact) mass is 362 g/mol. The van der Waals surface area contributed by atoms with Gasteiger partial charge in [-0.15, -0.1) is 16.2 Å². The van der Waals surface area contributed by atoms with Gasteiger partial charge in [-0.3, -0.25) is 0 Å². The third-order valence-corrected chi connectivity index (χ3v) is 5.81. The topological polar surface area (TPSA) is 58.5 Å². The van der Waals surface area contributed by atoms with Crippen molar-refractivity contribution in [3.63, 3.8) is 0 Å². The molecule has 1 N–H and O–H groups in total. The number of benzene rings is 2. The first kappa shape index (κ1) is 16.7. The Balaban J connectivity index is 1.99. The van der Waals surface area contributed by atoms with E-state index < -0.39 is 15.8 Å². The maximum atomic E-state index is 13.1. The molecule has 7 heteroatoms. The van der Waals surface area contributed by atoms with Crippen molar-refractivity contribution in [2.75, 3.05) is 11.6 Å². The summed E-state index contributed by atoms with van der Waals surface area (Å²) < 4.78 is 41.7. The van der Waals surface area contributed by atoms with Crippen molar-refractivity contribution in [3.05, 3.63) is 65.5 Å². The smallest absolute Gasteiger partial charge is 0.285 e. The third-order valence-electron chi connectivity index (χ3n) is 3.60. The van der Waals surface area contributed by atoms with Gasteiger partial charge >= 0.3 is 0 Å². The molecule has 0 bridgehead atoms. The molecule has 0 radical (unpaired) electrons. The van der Waals surface area contributed by atoms with E-state index in [0.717, 1.165) is 10.6 Å². The number of hydrogen-bond acceptors (Lipinski definition) is 4. The van der Waals surface area contributed by atoms with Crippen LogP contribution in [0.5, 0.6) is 0 Å². The van der Waals surface area contributed by atoms with Crippen molar-refractivity contribution >= 4 is 38.2 Å². The van der Waals surface area contributed by atoms with E-state index >= 15 is 0 Å². The molecule has 24 heavy (non-hydrogen) atoms. The fourth-order valence-corrected chi connectivity index (χ4v) is 4.35. The lowest BCUT2D eigenvalue weighted by Crippen LogP contribution is -2.11. The molecular weight excluding hydrogens is 347 g/mol. The first-order chi connectivity index (χ1) is 11.4. The Morgan fingerprint density at radius 3 is 2.50 bits per heavy atom. The summed E-state index contributed by atoms with van der Waals surface area (Å²) in [5.74, 6) is -0.131. The molecule has 2 aromatic rings. The van der Waals surface area contributed by atoms with Gasteiger partial charge in [0, 0.05) is 16.2 Å². The fraction of sp³-hybridized carbons (Fsp3) is 0.118. The average molecular weight is 362 g/mol. The molecule has 3 rings (SSSR count). The number of amidine groups is 1. The average Bonchev–Trinajstić information content (AvgIpc) is 2.77. The summed E-state index contributed by atoms with van der Waals surface area (Å²) in [7, 11) is -3.81. The van der Waals surface area contributed by atoms with Crippen LogP contribution in [0.2, 0.25) is 0 Å². The van der Waals surface area contributed by atoms with Crippen molar-refractivity contribution in [2.45, 2.75) is 11.8 Å². The van der Waals surface area contributed by atoms with E-state index in [2.05, 4.69) is 9.71 Å². The van der Waals surface area contributed by atoms with Gasteiger partial charge in [-0.25, -0.2) is 4.39 Å². The minimum absolute atomic E-state index is 0.103. The molecule has 0 fully saturated rings. The van der Waals surface area contributed by atoms with Gasteiger partial charge in [0.15, 0.2) is 0 Å². The van der Waals surface area contributed by atoms with E-state index in [0.29, 0.717) is 11.1 Å². The number of nitrogens with zero attached hydrogens (tertiary/aromatic N) is 1. The van der Waals surface area contributed by atoms with Gasteiger partial charge in [-0.2, -0.15) is 8.42 Å². The molecule has 0 saturated heterocycles. The Kier molecular flexibility index (Phi) is 4.47. The Labute approximate surface area is 144 Å². The van der Waals surface area contributed by atoms with Crippen molar-refractivity contribution in [1.82, 2.24) is 0 Å². The Morgan fingerprint density at radius 2 is 1.83 bits per heavy atom. The second-order valence-corrected chi connectivity index (χ2v) is 7.65. The number of halogens is 1. The molecule has 1 aliphatic rings. The second-order valence-electron chi connectivity index (χ2n) is 5.23. The fourth-order valence-electron chi connectivity index (χ4n) is 2.46. The van der Waals surface area contributed by atoms with Crippen LogP contribution in [-0.2, 0) is 10.0 Å². The van der Waals surface area contributed by atoms with Gasteiger partial charge < -0.3 is 5.32 Å². The van der Waals surface area contributed by atoms with Crippen LogP contribution in [0.15, 0.2) is 63.4 Å². The molecular formula is C17H15FN2O2S2. The molecule has 0 aromatic heterocycles. The van der Waals surface area contributed by atoms with Crippen molar-refractivity contribution in [3.8, 4) is 0 Å². The Hall–Kier alpha value is -2.12. The van der Waals surface area contributed by atoms with E-state index in [9.17, 15) is 12.8 Å². The van der Waals surface area contributed by atoms with Crippen molar-refractivity contribution in [2.24, 2.45) is 4.40 Å². The third kappa shape index (κ3) is 3.22. The molecule has 124 valence electrons. The maximum absolute atomic E-state index is 13.1.